The van der Waals surface area contributed by atoms with Crippen molar-refractivity contribution in [2.45, 2.75) is 37.8 Å². The Morgan fingerprint density at radius 2 is 1.89 bits per heavy atom. The van der Waals surface area contributed by atoms with Crippen LogP contribution in [0, 0.1) is 0 Å². The largest absolute Gasteiger partial charge is 0.375 e. The van der Waals surface area contributed by atoms with Gasteiger partial charge in [0.25, 0.3) is 0 Å². The third kappa shape index (κ3) is 3.42. The lowest BCUT2D eigenvalue weighted by Crippen LogP contribution is -2.65. The van der Waals surface area contributed by atoms with Crippen LogP contribution in [0.2, 0.25) is 0 Å². The highest BCUT2D eigenvalue weighted by Gasteiger charge is 2.41. The highest BCUT2D eigenvalue weighted by atomic mass is 16.5. The zero-order chi connectivity index (χ0) is 13.2. The van der Waals surface area contributed by atoms with Crippen LogP contribution in [0.1, 0.15) is 26.7 Å². The van der Waals surface area contributed by atoms with E-state index in [2.05, 4.69) is 36.2 Å². The third-order valence-corrected chi connectivity index (χ3v) is 4.13. The first-order valence-electron chi connectivity index (χ1n) is 7.00. The van der Waals surface area contributed by atoms with Crippen molar-refractivity contribution in [2.24, 2.45) is 5.73 Å². The van der Waals surface area contributed by atoms with Gasteiger partial charge in [-0.3, -0.25) is 0 Å². The molecule has 0 aliphatic carbocycles. The van der Waals surface area contributed by atoms with Crippen LogP contribution >= 0.6 is 0 Å². The predicted molar refractivity (Wildman–Crippen MR) is 73.3 cm³/mol. The van der Waals surface area contributed by atoms with Crippen LogP contribution < -0.4 is 11.2 Å². The number of rotatable bonds is 3. The van der Waals surface area contributed by atoms with Gasteiger partial charge in [-0.1, -0.05) is 0 Å². The van der Waals surface area contributed by atoms with E-state index in [-0.39, 0.29) is 11.1 Å². The van der Waals surface area contributed by atoms with Gasteiger partial charge in [0.1, 0.15) is 0 Å². The van der Waals surface area contributed by atoms with Crippen molar-refractivity contribution < 1.29 is 4.74 Å². The molecule has 18 heavy (non-hydrogen) atoms. The molecule has 0 aromatic rings. The maximum Gasteiger partial charge on any atom is 0.0645 e. The van der Waals surface area contributed by atoms with E-state index in [1.165, 1.54) is 0 Å². The molecular formula is C13H28N4O. The Bertz CT molecular complexity index is 276. The van der Waals surface area contributed by atoms with Gasteiger partial charge in [0, 0.05) is 44.9 Å². The average Bonchev–Trinajstić information content (AvgIpc) is 2.31. The quantitative estimate of drug-likeness (QED) is 0.746. The molecule has 5 nitrogen and oxygen atoms in total. The minimum atomic E-state index is -0.0722. The number of nitrogens with one attached hydrogen (secondary N) is 1. The van der Waals surface area contributed by atoms with Crippen molar-refractivity contribution in [3.05, 3.63) is 0 Å². The van der Waals surface area contributed by atoms with Gasteiger partial charge < -0.3 is 15.4 Å². The normalized spacial score (nSPS) is 34.7. The maximum absolute atomic E-state index is 6.05. The molecule has 0 bridgehead atoms. The van der Waals surface area contributed by atoms with Gasteiger partial charge >= 0.3 is 0 Å². The van der Waals surface area contributed by atoms with E-state index in [0.29, 0.717) is 6.54 Å². The minimum Gasteiger partial charge on any atom is -0.375 e. The molecule has 2 rings (SSSR count). The summed E-state index contributed by atoms with van der Waals surface area (Å²) < 4.78 is 5.81. The van der Waals surface area contributed by atoms with Crippen LogP contribution in [0.25, 0.3) is 0 Å². The SMILES string of the molecule is CN1CCN(NC2(CN)CCOC(C)(C)C2)CC1. The van der Waals surface area contributed by atoms with E-state index >= 15 is 0 Å². The van der Waals surface area contributed by atoms with Crippen LogP contribution in [-0.2, 0) is 4.74 Å². The lowest BCUT2D eigenvalue weighted by Gasteiger charge is -2.48. The summed E-state index contributed by atoms with van der Waals surface area (Å²) in [5, 5.41) is 2.34. The average molecular weight is 256 g/mol. The predicted octanol–water partition coefficient (Wildman–Crippen LogP) is 0.0249. The van der Waals surface area contributed by atoms with Gasteiger partial charge in [-0.15, -0.1) is 0 Å². The molecule has 3 N–H and O–H groups in total. The molecule has 2 fully saturated rings. The fourth-order valence-electron chi connectivity index (χ4n) is 3.05. The van der Waals surface area contributed by atoms with Crippen LogP contribution in [0.4, 0.5) is 0 Å². The van der Waals surface area contributed by atoms with Gasteiger partial charge in [-0.05, 0) is 33.7 Å². The Kier molecular flexibility index (Phi) is 4.29. The number of ether oxygens (including phenoxy) is 1. The molecule has 0 amide bonds. The molecule has 0 saturated carbocycles. The number of nitrogens with zero attached hydrogens (tertiary/aromatic N) is 2. The second kappa shape index (κ2) is 5.43. The Morgan fingerprint density at radius 1 is 1.22 bits per heavy atom. The summed E-state index contributed by atoms with van der Waals surface area (Å²) in [6.07, 6.45) is 1.97. The first-order chi connectivity index (χ1) is 8.45. The smallest absolute Gasteiger partial charge is 0.0645 e. The van der Waals surface area contributed by atoms with Gasteiger partial charge in [0.15, 0.2) is 0 Å². The number of hydrogen-bond donors (Lipinski definition) is 2. The Morgan fingerprint density at radius 3 is 2.44 bits per heavy atom. The molecule has 0 aromatic carbocycles. The van der Waals surface area contributed by atoms with Gasteiger partial charge in [-0.25, -0.2) is 10.4 Å². The molecule has 2 saturated heterocycles. The number of hydrazine groups is 1. The number of nitrogens with two attached hydrogens (primary N) is 1. The van der Waals surface area contributed by atoms with Crippen molar-refractivity contribution in [1.29, 1.82) is 0 Å². The van der Waals surface area contributed by atoms with Crippen LogP contribution in [0.15, 0.2) is 0 Å². The van der Waals surface area contributed by atoms with Crippen molar-refractivity contribution in [1.82, 2.24) is 15.3 Å². The molecule has 0 radical (unpaired) electrons. The molecule has 2 heterocycles. The summed E-state index contributed by atoms with van der Waals surface area (Å²) in [4.78, 5) is 2.36. The number of piperazine rings is 1. The van der Waals surface area contributed by atoms with Crippen molar-refractivity contribution in [2.75, 3.05) is 46.4 Å². The fourth-order valence-corrected chi connectivity index (χ4v) is 3.05. The molecule has 0 spiro atoms. The Balaban J connectivity index is 1.95. The molecule has 5 heteroatoms. The molecule has 2 aliphatic rings. The van der Waals surface area contributed by atoms with Gasteiger partial charge in [0.2, 0.25) is 0 Å². The van der Waals surface area contributed by atoms with Crippen LogP contribution in [-0.4, -0.2) is 67.4 Å². The summed E-state index contributed by atoms with van der Waals surface area (Å²) in [6.45, 7) is 10.2. The first-order valence-corrected chi connectivity index (χ1v) is 7.00. The Labute approximate surface area is 111 Å². The van der Waals surface area contributed by atoms with Gasteiger partial charge in [-0.2, -0.15) is 0 Å². The highest BCUT2D eigenvalue weighted by molar-refractivity contribution is 4.97. The molecule has 1 unspecified atom stereocenters. The molecular weight excluding hydrogens is 228 g/mol. The van der Waals surface area contributed by atoms with Gasteiger partial charge in [0.05, 0.1) is 5.60 Å². The van der Waals surface area contributed by atoms with Crippen molar-refractivity contribution >= 4 is 0 Å². The monoisotopic (exact) mass is 256 g/mol. The van der Waals surface area contributed by atoms with E-state index in [0.717, 1.165) is 45.6 Å². The lowest BCUT2D eigenvalue weighted by molar-refractivity contribution is -0.104. The van der Waals surface area contributed by atoms with E-state index in [1.807, 2.05) is 0 Å². The molecule has 0 aromatic heterocycles. The zero-order valence-corrected chi connectivity index (χ0v) is 12.0. The summed E-state index contributed by atoms with van der Waals surface area (Å²) in [7, 11) is 2.17. The molecule has 2 aliphatic heterocycles. The second-order valence-corrected chi connectivity index (χ2v) is 6.42. The number of likely N-dealkylation sites (N-methyl/N-ethyl adjacent to an activating group) is 1. The lowest BCUT2D eigenvalue weighted by atomic mass is 9.82. The minimum absolute atomic E-state index is 0.0116. The van der Waals surface area contributed by atoms with Crippen LogP contribution in [0.3, 0.4) is 0 Å². The van der Waals surface area contributed by atoms with E-state index in [4.69, 9.17) is 10.5 Å². The summed E-state index contributed by atoms with van der Waals surface area (Å²) in [5.41, 5.74) is 9.69. The van der Waals surface area contributed by atoms with Crippen LogP contribution in [0.5, 0.6) is 0 Å². The van der Waals surface area contributed by atoms with E-state index in [1.54, 1.807) is 0 Å². The van der Waals surface area contributed by atoms with E-state index in [9.17, 15) is 0 Å². The summed E-state index contributed by atoms with van der Waals surface area (Å²) in [5.74, 6) is 0. The summed E-state index contributed by atoms with van der Waals surface area (Å²) >= 11 is 0. The first kappa shape index (κ1) is 14.2. The summed E-state index contributed by atoms with van der Waals surface area (Å²) in [6, 6.07) is 0. The van der Waals surface area contributed by atoms with Crippen molar-refractivity contribution in [3.8, 4) is 0 Å². The Hall–Kier alpha value is -0.200. The zero-order valence-electron chi connectivity index (χ0n) is 12.0. The third-order valence-electron chi connectivity index (χ3n) is 4.13. The van der Waals surface area contributed by atoms with E-state index < -0.39 is 0 Å². The van der Waals surface area contributed by atoms with Crippen molar-refractivity contribution in [3.63, 3.8) is 0 Å². The second-order valence-electron chi connectivity index (χ2n) is 6.42. The maximum atomic E-state index is 6.05. The standard InChI is InChI=1S/C13H28N4O/c1-12(2)10-13(11-14,4-9-18-12)15-17-7-5-16(3)6-8-17/h15H,4-11,14H2,1-3H3. The number of hydrogen-bond acceptors (Lipinski definition) is 5. The highest BCUT2D eigenvalue weighted by Crippen LogP contribution is 2.31. The molecule has 106 valence electrons. The molecule has 1 atom stereocenters. The fraction of sp³-hybridized carbons (Fsp3) is 1.00. The topological polar surface area (TPSA) is 53.8 Å².